The minimum atomic E-state index is -0.411. The maximum atomic E-state index is 13.2. The van der Waals surface area contributed by atoms with Crippen molar-refractivity contribution in [1.29, 1.82) is 0 Å². The number of phenolic OH excluding ortho intramolecular Hbond substituents is 1. The zero-order valence-electron chi connectivity index (χ0n) is 6.79. The molecule has 0 aliphatic rings. The second kappa shape index (κ2) is 2.62. The molecule has 0 saturated heterocycles. The normalized spacial score (nSPS) is 10.5. The largest absolute Gasteiger partial charge is 0.507 e. The van der Waals surface area contributed by atoms with Gasteiger partial charge in [0.2, 0.25) is 0 Å². The van der Waals surface area contributed by atoms with Crippen LogP contribution in [0.5, 0.6) is 5.75 Å². The molecule has 0 fully saturated rings. The monoisotopic (exact) mass is 177 g/mol. The van der Waals surface area contributed by atoms with Crippen LogP contribution in [-0.2, 0) is 0 Å². The summed E-state index contributed by atoms with van der Waals surface area (Å²) in [6, 6.07) is 7.48. The molecule has 2 rings (SSSR count). The molecule has 0 spiro atoms. The number of nitrogens with two attached hydrogens (primary N) is 1. The number of halogens is 1. The molecule has 3 N–H and O–H groups in total. The van der Waals surface area contributed by atoms with Crippen LogP contribution in [-0.4, -0.2) is 5.11 Å². The molecule has 3 heteroatoms. The van der Waals surface area contributed by atoms with E-state index in [2.05, 4.69) is 0 Å². The number of hydrogen-bond donors (Lipinski definition) is 2. The van der Waals surface area contributed by atoms with Gasteiger partial charge in [0.05, 0.1) is 0 Å². The number of rotatable bonds is 0. The first-order valence-electron chi connectivity index (χ1n) is 3.85. The molecule has 0 bridgehead atoms. The van der Waals surface area contributed by atoms with Crippen LogP contribution in [0.1, 0.15) is 0 Å². The van der Waals surface area contributed by atoms with Crippen molar-refractivity contribution in [3.63, 3.8) is 0 Å². The molecule has 13 heavy (non-hydrogen) atoms. The van der Waals surface area contributed by atoms with Crippen molar-refractivity contribution in [2.45, 2.75) is 0 Å². The van der Waals surface area contributed by atoms with Crippen molar-refractivity contribution in [2.24, 2.45) is 0 Å². The molecule has 0 aromatic heterocycles. The van der Waals surface area contributed by atoms with Crippen molar-refractivity contribution in [3.8, 4) is 5.75 Å². The van der Waals surface area contributed by atoms with E-state index in [-0.39, 0.29) is 5.75 Å². The maximum absolute atomic E-state index is 13.2. The Hall–Kier alpha value is -1.77. The van der Waals surface area contributed by atoms with E-state index in [1.807, 2.05) is 0 Å². The highest BCUT2D eigenvalue weighted by molar-refractivity contribution is 5.90. The van der Waals surface area contributed by atoms with Crippen LogP contribution in [0.2, 0.25) is 0 Å². The van der Waals surface area contributed by atoms with Gasteiger partial charge in [0.25, 0.3) is 0 Å². The molecular weight excluding hydrogens is 169 g/mol. The van der Waals surface area contributed by atoms with E-state index in [0.29, 0.717) is 16.5 Å². The number of anilines is 1. The number of fused-ring (bicyclic) bond motifs is 1. The third-order valence-corrected chi connectivity index (χ3v) is 1.94. The first kappa shape index (κ1) is 7.86. The fourth-order valence-electron chi connectivity index (χ4n) is 1.35. The van der Waals surface area contributed by atoms with Crippen LogP contribution in [0.3, 0.4) is 0 Å². The number of nitrogen functional groups attached to an aromatic ring is 1. The lowest BCUT2D eigenvalue weighted by Gasteiger charge is -2.02. The van der Waals surface area contributed by atoms with Crippen LogP contribution < -0.4 is 5.73 Å². The Labute approximate surface area is 74.4 Å². The highest BCUT2D eigenvalue weighted by atomic mass is 19.1. The number of phenols is 1. The molecule has 2 nitrogen and oxygen atoms in total. The Balaban J connectivity index is 2.94. The second-order valence-corrected chi connectivity index (χ2v) is 2.87. The Morgan fingerprint density at radius 3 is 2.69 bits per heavy atom. The molecule has 66 valence electrons. The smallest absolute Gasteiger partial charge is 0.133 e. The third-order valence-electron chi connectivity index (χ3n) is 1.94. The molecule has 0 unspecified atom stereocenters. The summed E-state index contributed by atoms with van der Waals surface area (Å²) >= 11 is 0. The predicted molar refractivity (Wildman–Crippen MR) is 50.0 cm³/mol. The summed E-state index contributed by atoms with van der Waals surface area (Å²) < 4.78 is 13.2. The first-order chi connectivity index (χ1) is 6.18. The van der Waals surface area contributed by atoms with Gasteiger partial charge in [-0.2, -0.15) is 0 Å². The number of aromatic hydroxyl groups is 1. The Morgan fingerprint density at radius 2 is 1.92 bits per heavy atom. The summed E-state index contributed by atoms with van der Waals surface area (Å²) in [5, 5.41) is 10.2. The van der Waals surface area contributed by atoms with Crippen LogP contribution >= 0.6 is 0 Å². The summed E-state index contributed by atoms with van der Waals surface area (Å²) in [4.78, 5) is 0. The lowest BCUT2D eigenvalue weighted by Crippen LogP contribution is -1.87. The molecule has 0 radical (unpaired) electrons. The quantitative estimate of drug-likeness (QED) is 0.606. The van der Waals surface area contributed by atoms with Gasteiger partial charge in [-0.05, 0) is 18.2 Å². The third kappa shape index (κ3) is 1.18. The number of hydrogen-bond acceptors (Lipinski definition) is 2. The molecular formula is C10H8FNO. The van der Waals surface area contributed by atoms with Gasteiger partial charge in [-0.25, -0.2) is 4.39 Å². The van der Waals surface area contributed by atoms with Gasteiger partial charge >= 0.3 is 0 Å². The average Bonchev–Trinajstić information content (AvgIpc) is 2.07. The minimum Gasteiger partial charge on any atom is -0.507 e. The lowest BCUT2D eigenvalue weighted by atomic mass is 10.1. The van der Waals surface area contributed by atoms with Crippen LogP contribution in [0, 0.1) is 5.82 Å². The Morgan fingerprint density at radius 1 is 1.15 bits per heavy atom. The molecule has 0 aliphatic heterocycles. The zero-order chi connectivity index (χ0) is 9.42. The topological polar surface area (TPSA) is 46.2 Å². The Bertz CT molecular complexity index is 468. The zero-order valence-corrected chi connectivity index (χ0v) is 6.79. The van der Waals surface area contributed by atoms with Crippen molar-refractivity contribution in [3.05, 3.63) is 36.1 Å². The van der Waals surface area contributed by atoms with E-state index in [9.17, 15) is 9.50 Å². The minimum absolute atomic E-state index is 0.0451. The Kier molecular flexibility index (Phi) is 1.59. The summed E-state index contributed by atoms with van der Waals surface area (Å²) in [6.07, 6.45) is 0. The summed E-state index contributed by atoms with van der Waals surface area (Å²) in [6.45, 7) is 0. The van der Waals surface area contributed by atoms with Crippen molar-refractivity contribution >= 4 is 16.5 Å². The van der Waals surface area contributed by atoms with E-state index in [1.165, 1.54) is 12.1 Å². The summed E-state index contributed by atoms with van der Waals surface area (Å²) in [7, 11) is 0. The fourth-order valence-corrected chi connectivity index (χ4v) is 1.35. The van der Waals surface area contributed by atoms with E-state index in [1.54, 1.807) is 18.2 Å². The van der Waals surface area contributed by atoms with Gasteiger partial charge in [-0.3, -0.25) is 0 Å². The van der Waals surface area contributed by atoms with Crippen LogP contribution in [0.15, 0.2) is 30.3 Å². The summed E-state index contributed by atoms with van der Waals surface area (Å²) in [5.74, 6) is -0.366. The van der Waals surface area contributed by atoms with Gasteiger partial charge in [0.1, 0.15) is 11.6 Å². The van der Waals surface area contributed by atoms with Crippen molar-refractivity contribution in [2.75, 3.05) is 5.73 Å². The molecule has 2 aromatic rings. The van der Waals surface area contributed by atoms with Gasteiger partial charge in [-0.1, -0.05) is 12.1 Å². The highest BCUT2D eigenvalue weighted by Gasteiger charge is 2.04. The lowest BCUT2D eigenvalue weighted by molar-refractivity contribution is 0.481. The molecule has 0 aliphatic carbocycles. The fraction of sp³-hybridized carbons (Fsp3) is 0. The maximum Gasteiger partial charge on any atom is 0.133 e. The van der Waals surface area contributed by atoms with E-state index < -0.39 is 5.82 Å². The second-order valence-electron chi connectivity index (χ2n) is 2.87. The molecule has 2 aromatic carbocycles. The molecule has 0 saturated carbocycles. The SMILES string of the molecule is Nc1cc(F)c2cccc(O)c2c1. The van der Waals surface area contributed by atoms with Gasteiger partial charge in [0, 0.05) is 16.5 Å². The number of benzene rings is 2. The van der Waals surface area contributed by atoms with E-state index >= 15 is 0 Å². The van der Waals surface area contributed by atoms with Crippen LogP contribution in [0.4, 0.5) is 10.1 Å². The van der Waals surface area contributed by atoms with Crippen LogP contribution in [0.25, 0.3) is 10.8 Å². The predicted octanol–water partition coefficient (Wildman–Crippen LogP) is 2.27. The summed E-state index contributed by atoms with van der Waals surface area (Å²) in [5.41, 5.74) is 5.75. The standard InChI is InChI=1S/C10H8FNO/c11-9-5-6(12)4-8-7(9)2-1-3-10(8)13/h1-5,13H,12H2. The van der Waals surface area contributed by atoms with Gasteiger partial charge in [-0.15, -0.1) is 0 Å². The molecule has 0 heterocycles. The molecule has 0 atom stereocenters. The van der Waals surface area contributed by atoms with E-state index in [4.69, 9.17) is 5.73 Å². The van der Waals surface area contributed by atoms with Gasteiger partial charge in [0.15, 0.2) is 0 Å². The van der Waals surface area contributed by atoms with Crippen molar-refractivity contribution in [1.82, 2.24) is 0 Å². The average molecular weight is 177 g/mol. The first-order valence-corrected chi connectivity index (χ1v) is 3.85. The molecule has 0 amide bonds. The van der Waals surface area contributed by atoms with E-state index in [0.717, 1.165) is 0 Å². The highest BCUT2D eigenvalue weighted by Crippen LogP contribution is 2.28. The van der Waals surface area contributed by atoms with Gasteiger partial charge < -0.3 is 10.8 Å². The van der Waals surface area contributed by atoms with Crippen molar-refractivity contribution < 1.29 is 9.50 Å².